The lowest BCUT2D eigenvalue weighted by molar-refractivity contribution is 0.620. The van der Waals surface area contributed by atoms with Crippen molar-refractivity contribution in [2.24, 2.45) is 13.0 Å². The zero-order valence-electron chi connectivity index (χ0n) is 13.9. The number of aromatic nitrogens is 5. The van der Waals surface area contributed by atoms with Crippen molar-refractivity contribution in [1.29, 1.82) is 0 Å². The first-order valence-electron chi connectivity index (χ1n) is 8.17. The highest BCUT2D eigenvalue weighted by atomic mass is 15.4. The molecule has 0 radical (unpaired) electrons. The SMILES string of the molecule is Cc1cc(C#CC2CC2)ccc1-c1cn(Cc2cncn2C)nn1. The van der Waals surface area contributed by atoms with Gasteiger partial charge in [-0.05, 0) is 37.5 Å². The fourth-order valence-electron chi connectivity index (χ4n) is 2.64. The summed E-state index contributed by atoms with van der Waals surface area (Å²) in [6, 6.07) is 6.29. The predicted molar refractivity (Wildman–Crippen MR) is 92.1 cm³/mol. The summed E-state index contributed by atoms with van der Waals surface area (Å²) in [5.74, 6) is 7.19. The number of hydrogen-bond acceptors (Lipinski definition) is 3. The molecule has 0 N–H and O–H groups in total. The van der Waals surface area contributed by atoms with Gasteiger partial charge in [-0.2, -0.15) is 0 Å². The number of rotatable bonds is 3. The van der Waals surface area contributed by atoms with Crippen LogP contribution in [0, 0.1) is 24.7 Å². The van der Waals surface area contributed by atoms with Crippen LogP contribution in [0.5, 0.6) is 0 Å². The molecule has 1 aliphatic carbocycles. The molecular weight excluding hydrogens is 298 g/mol. The van der Waals surface area contributed by atoms with Crippen LogP contribution in [0.2, 0.25) is 0 Å². The molecule has 1 aliphatic rings. The second-order valence-corrected chi connectivity index (χ2v) is 6.37. The predicted octanol–water partition coefficient (Wildman–Crippen LogP) is 2.80. The maximum Gasteiger partial charge on any atom is 0.113 e. The standard InChI is InChI=1S/C19H19N5/c1-14-9-16(6-5-15-3-4-15)7-8-18(14)19-12-24(22-21-19)11-17-10-20-13-23(17)2/h7-10,12-13,15H,3-4,11H2,1-2H3. The van der Waals surface area contributed by atoms with E-state index in [2.05, 4.69) is 52.3 Å². The molecule has 1 fully saturated rings. The highest BCUT2D eigenvalue weighted by Crippen LogP contribution is 2.28. The van der Waals surface area contributed by atoms with Gasteiger partial charge in [0.1, 0.15) is 5.69 Å². The molecule has 2 aromatic heterocycles. The van der Waals surface area contributed by atoms with Gasteiger partial charge in [-0.15, -0.1) is 5.10 Å². The van der Waals surface area contributed by atoms with Crippen molar-refractivity contribution in [1.82, 2.24) is 24.5 Å². The van der Waals surface area contributed by atoms with Crippen LogP contribution >= 0.6 is 0 Å². The van der Waals surface area contributed by atoms with Crippen LogP contribution < -0.4 is 0 Å². The van der Waals surface area contributed by atoms with Crippen molar-refractivity contribution in [3.8, 4) is 23.1 Å². The lowest BCUT2D eigenvalue weighted by Gasteiger charge is -2.03. The topological polar surface area (TPSA) is 48.5 Å². The van der Waals surface area contributed by atoms with E-state index >= 15 is 0 Å². The Hall–Kier alpha value is -2.87. The Bertz CT molecular complexity index is 934. The molecule has 5 nitrogen and oxygen atoms in total. The fraction of sp³-hybridized carbons (Fsp3) is 0.316. The quantitative estimate of drug-likeness (QED) is 0.698. The zero-order valence-corrected chi connectivity index (χ0v) is 13.9. The van der Waals surface area contributed by atoms with E-state index in [4.69, 9.17) is 0 Å². The molecule has 0 spiro atoms. The molecule has 0 saturated heterocycles. The maximum absolute atomic E-state index is 4.32. The van der Waals surface area contributed by atoms with E-state index in [1.807, 2.05) is 28.7 Å². The smallest absolute Gasteiger partial charge is 0.113 e. The van der Waals surface area contributed by atoms with Gasteiger partial charge in [-0.3, -0.25) is 0 Å². The molecule has 1 saturated carbocycles. The summed E-state index contributed by atoms with van der Waals surface area (Å²) in [6.07, 6.45) is 8.12. The summed E-state index contributed by atoms with van der Waals surface area (Å²) in [7, 11) is 1.98. The Kier molecular flexibility index (Phi) is 3.66. The molecule has 3 aromatic rings. The number of nitrogens with zero attached hydrogens (tertiary/aromatic N) is 5. The third kappa shape index (κ3) is 3.09. The summed E-state index contributed by atoms with van der Waals surface area (Å²) in [4.78, 5) is 4.13. The third-order valence-corrected chi connectivity index (χ3v) is 4.28. The van der Waals surface area contributed by atoms with Crippen molar-refractivity contribution >= 4 is 0 Å². The van der Waals surface area contributed by atoms with Gasteiger partial charge in [-0.25, -0.2) is 9.67 Å². The average molecular weight is 317 g/mol. The number of aryl methyl sites for hydroxylation is 2. The molecular formula is C19H19N5. The second kappa shape index (κ2) is 5.97. The third-order valence-electron chi connectivity index (χ3n) is 4.28. The summed E-state index contributed by atoms with van der Waals surface area (Å²) >= 11 is 0. The van der Waals surface area contributed by atoms with E-state index in [1.54, 1.807) is 6.33 Å². The van der Waals surface area contributed by atoms with Crippen molar-refractivity contribution < 1.29 is 0 Å². The Labute approximate surface area is 141 Å². The molecule has 0 amide bonds. The lowest BCUT2D eigenvalue weighted by Crippen LogP contribution is -2.04. The van der Waals surface area contributed by atoms with Crippen LogP contribution in [0.25, 0.3) is 11.3 Å². The fourth-order valence-corrected chi connectivity index (χ4v) is 2.64. The minimum atomic E-state index is 0.622. The highest BCUT2D eigenvalue weighted by Gasteiger charge is 2.17. The van der Waals surface area contributed by atoms with Gasteiger partial charge in [0.15, 0.2) is 0 Å². The van der Waals surface area contributed by atoms with Crippen LogP contribution in [-0.2, 0) is 13.6 Å². The van der Waals surface area contributed by atoms with E-state index in [0.717, 1.165) is 22.5 Å². The molecule has 1 aromatic carbocycles. The Morgan fingerprint density at radius 3 is 2.88 bits per heavy atom. The summed E-state index contributed by atoms with van der Waals surface area (Å²) in [5, 5.41) is 8.56. The first kappa shape index (κ1) is 14.7. The Morgan fingerprint density at radius 1 is 1.29 bits per heavy atom. The zero-order chi connectivity index (χ0) is 16.5. The first-order valence-corrected chi connectivity index (χ1v) is 8.17. The average Bonchev–Trinajstić information content (AvgIpc) is 3.15. The van der Waals surface area contributed by atoms with Crippen LogP contribution in [0.4, 0.5) is 0 Å². The monoisotopic (exact) mass is 317 g/mol. The Morgan fingerprint density at radius 2 is 2.17 bits per heavy atom. The van der Waals surface area contributed by atoms with E-state index < -0.39 is 0 Å². The number of hydrogen-bond donors (Lipinski definition) is 0. The molecule has 24 heavy (non-hydrogen) atoms. The molecule has 5 heteroatoms. The van der Waals surface area contributed by atoms with Gasteiger partial charge in [-0.1, -0.05) is 23.1 Å². The van der Waals surface area contributed by atoms with Crippen LogP contribution in [0.3, 0.4) is 0 Å². The van der Waals surface area contributed by atoms with Crippen LogP contribution in [-0.4, -0.2) is 24.5 Å². The van der Waals surface area contributed by atoms with Gasteiger partial charge < -0.3 is 4.57 Å². The van der Waals surface area contributed by atoms with Crippen molar-refractivity contribution in [2.45, 2.75) is 26.3 Å². The Balaban J connectivity index is 1.55. The van der Waals surface area contributed by atoms with E-state index in [-0.39, 0.29) is 0 Å². The minimum absolute atomic E-state index is 0.622. The van der Waals surface area contributed by atoms with Crippen molar-refractivity contribution in [2.75, 3.05) is 0 Å². The second-order valence-electron chi connectivity index (χ2n) is 6.37. The molecule has 0 unspecified atom stereocenters. The van der Waals surface area contributed by atoms with E-state index in [9.17, 15) is 0 Å². The molecule has 0 atom stereocenters. The largest absolute Gasteiger partial charge is 0.336 e. The van der Waals surface area contributed by atoms with Crippen molar-refractivity contribution in [3.05, 3.63) is 53.7 Å². The molecule has 4 rings (SSSR count). The maximum atomic E-state index is 4.32. The van der Waals surface area contributed by atoms with Gasteiger partial charge in [0.05, 0.1) is 31.0 Å². The van der Waals surface area contributed by atoms with E-state index in [0.29, 0.717) is 12.5 Å². The summed E-state index contributed by atoms with van der Waals surface area (Å²) < 4.78 is 3.83. The van der Waals surface area contributed by atoms with Crippen molar-refractivity contribution in [3.63, 3.8) is 0 Å². The molecule has 0 aliphatic heterocycles. The summed E-state index contributed by atoms with van der Waals surface area (Å²) in [6.45, 7) is 2.76. The molecule has 120 valence electrons. The first-order chi connectivity index (χ1) is 11.7. The lowest BCUT2D eigenvalue weighted by atomic mass is 10.0. The van der Waals surface area contributed by atoms with E-state index in [1.165, 1.54) is 18.4 Å². The van der Waals surface area contributed by atoms with Crippen LogP contribution in [0.15, 0.2) is 36.9 Å². The summed E-state index contributed by atoms with van der Waals surface area (Å²) in [5.41, 5.74) is 5.32. The van der Waals surface area contributed by atoms with Crippen LogP contribution in [0.1, 0.15) is 29.7 Å². The highest BCUT2D eigenvalue weighted by molar-refractivity contribution is 5.64. The molecule has 0 bridgehead atoms. The molecule has 2 heterocycles. The number of imidazole rings is 1. The van der Waals surface area contributed by atoms with Gasteiger partial charge in [0.25, 0.3) is 0 Å². The van der Waals surface area contributed by atoms with Gasteiger partial charge in [0.2, 0.25) is 0 Å². The van der Waals surface area contributed by atoms with Gasteiger partial charge in [0, 0.05) is 24.1 Å². The normalized spacial score (nSPS) is 13.6. The number of benzene rings is 1. The van der Waals surface area contributed by atoms with Gasteiger partial charge >= 0.3 is 0 Å². The minimum Gasteiger partial charge on any atom is -0.336 e.